The molecule has 0 saturated heterocycles. The van der Waals surface area contributed by atoms with Crippen LogP contribution < -0.4 is 16.2 Å². The van der Waals surface area contributed by atoms with Crippen LogP contribution in [0.25, 0.3) is 0 Å². The highest BCUT2D eigenvalue weighted by Gasteiger charge is 2.08. The Kier molecular flexibility index (Phi) is 3.84. The molecule has 0 unspecified atom stereocenters. The fourth-order valence-electron chi connectivity index (χ4n) is 2.00. The number of hydrogen-bond acceptors (Lipinski definition) is 5. The van der Waals surface area contributed by atoms with Crippen LogP contribution in [0, 0.1) is 13.8 Å². The summed E-state index contributed by atoms with van der Waals surface area (Å²) in [6.45, 7) is 5.08. The van der Waals surface area contributed by atoms with Crippen molar-refractivity contribution in [3.05, 3.63) is 40.4 Å². The minimum absolute atomic E-state index is 0.749. The Morgan fingerprint density at radius 3 is 2.78 bits per heavy atom. The van der Waals surface area contributed by atoms with Crippen LogP contribution in [0.2, 0.25) is 0 Å². The molecule has 3 N–H and O–H groups in total. The van der Waals surface area contributed by atoms with Gasteiger partial charge >= 0.3 is 0 Å². The minimum atomic E-state index is 0.749. The Balaban J connectivity index is 2.13. The summed E-state index contributed by atoms with van der Waals surface area (Å²) in [5, 5.41) is 0.749. The number of hydrogen-bond donors (Lipinski definition) is 2. The van der Waals surface area contributed by atoms with E-state index < -0.39 is 0 Å². The molecule has 2 rings (SSSR count). The van der Waals surface area contributed by atoms with Crippen LogP contribution in [0.1, 0.15) is 16.0 Å². The SMILES string of the molecule is Cc1ccc(N(C)Cc2cnc(NN)s2)c(C)c1. The van der Waals surface area contributed by atoms with E-state index in [1.165, 1.54) is 21.7 Å². The third-order valence-corrected chi connectivity index (χ3v) is 3.75. The lowest BCUT2D eigenvalue weighted by Gasteiger charge is -2.20. The largest absolute Gasteiger partial charge is 0.369 e. The Morgan fingerprint density at radius 2 is 2.17 bits per heavy atom. The zero-order valence-corrected chi connectivity index (χ0v) is 11.7. The number of nitrogen functional groups attached to an aromatic ring is 1. The maximum Gasteiger partial charge on any atom is 0.197 e. The number of benzene rings is 1. The first-order chi connectivity index (χ1) is 8.60. The van der Waals surface area contributed by atoms with Crippen molar-refractivity contribution < 1.29 is 0 Å². The molecule has 0 atom stereocenters. The van der Waals surface area contributed by atoms with E-state index in [1.54, 1.807) is 11.3 Å². The standard InChI is InChI=1S/C13H18N4S/c1-9-4-5-12(10(2)6-9)17(3)8-11-7-15-13(16-14)18-11/h4-7H,8,14H2,1-3H3,(H,15,16). The van der Waals surface area contributed by atoms with Gasteiger partial charge in [0.05, 0.1) is 6.54 Å². The molecule has 1 heterocycles. The second-order valence-corrected chi connectivity index (χ2v) is 5.54. The number of rotatable bonds is 4. The molecule has 1 aromatic carbocycles. The number of nitrogens with zero attached hydrogens (tertiary/aromatic N) is 2. The molecule has 0 fully saturated rings. The molecule has 1 aromatic heterocycles. The number of nitrogens with one attached hydrogen (secondary N) is 1. The van der Waals surface area contributed by atoms with Gasteiger partial charge in [-0.3, -0.25) is 5.43 Å². The molecule has 0 aliphatic carbocycles. The number of aromatic nitrogens is 1. The molecule has 0 aliphatic rings. The highest BCUT2D eigenvalue weighted by atomic mass is 32.1. The zero-order valence-electron chi connectivity index (χ0n) is 10.9. The number of anilines is 2. The molecule has 4 nitrogen and oxygen atoms in total. The Bertz CT molecular complexity index is 536. The Hall–Kier alpha value is -1.59. The summed E-state index contributed by atoms with van der Waals surface area (Å²) in [4.78, 5) is 7.58. The summed E-state index contributed by atoms with van der Waals surface area (Å²) in [5.41, 5.74) is 6.39. The van der Waals surface area contributed by atoms with E-state index >= 15 is 0 Å². The monoisotopic (exact) mass is 262 g/mol. The van der Waals surface area contributed by atoms with Gasteiger partial charge in [0.2, 0.25) is 0 Å². The molecule has 0 spiro atoms. The van der Waals surface area contributed by atoms with Crippen LogP contribution >= 0.6 is 11.3 Å². The van der Waals surface area contributed by atoms with Gasteiger partial charge in [-0.05, 0) is 25.5 Å². The number of hydrazine groups is 1. The normalized spacial score (nSPS) is 10.4. The molecule has 0 bridgehead atoms. The summed E-state index contributed by atoms with van der Waals surface area (Å²) in [7, 11) is 2.09. The summed E-state index contributed by atoms with van der Waals surface area (Å²) < 4.78 is 0. The number of thiazole rings is 1. The summed E-state index contributed by atoms with van der Waals surface area (Å²) >= 11 is 1.58. The molecule has 0 aliphatic heterocycles. The first-order valence-corrected chi connectivity index (χ1v) is 6.61. The first-order valence-electron chi connectivity index (χ1n) is 5.80. The molecule has 18 heavy (non-hydrogen) atoms. The third-order valence-electron chi connectivity index (χ3n) is 2.83. The average molecular weight is 262 g/mol. The average Bonchev–Trinajstić information content (AvgIpc) is 2.76. The van der Waals surface area contributed by atoms with Gasteiger partial charge in [0.1, 0.15) is 0 Å². The lowest BCUT2D eigenvalue weighted by molar-refractivity contribution is 0.930. The molecular weight excluding hydrogens is 244 g/mol. The minimum Gasteiger partial charge on any atom is -0.369 e. The van der Waals surface area contributed by atoms with Crippen LogP contribution in [-0.2, 0) is 6.54 Å². The van der Waals surface area contributed by atoms with Crippen LogP contribution in [0.3, 0.4) is 0 Å². The lowest BCUT2D eigenvalue weighted by atomic mass is 10.1. The summed E-state index contributed by atoms with van der Waals surface area (Å²) in [5.74, 6) is 5.33. The van der Waals surface area contributed by atoms with E-state index in [0.29, 0.717) is 0 Å². The van der Waals surface area contributed by atoms with Crippen LogP contribution in [-0.4, -0.2) is 12.0 Å². The van der Waals surface area contributed by atoms with Crippen LogP contribution in [0.4, 0.5) is 10.8 Å². The van der Waals surface area contributed by atoms with Crippen molar-refractivity contribution in [2.24, 2.45) is 5.84 Å². The molecule has 5 heteroatoms. The predicted molar refractivity (Wildman–Crippen MR) is 77.9 cm³/mol. The van der Waals surface area contributed by atoms with Crippen molar-refractivity contribution >= 4 is 22.2 Å². The first kappa shape index (κ1) is 12.9. The maximum absolute atomic E-state index is 5.33. The van der Waals surface area contributed by atoms with Crippen molar-refractivity contribution in [1.82, 2.24) is 4.98 Å². The van der Waals surface area contributed by atoms with Crippen molar-refractivity contribution in [3.63, 3.8) is 0 Å². The van der Waals surface area contributed by atoms with E-state index in [4.69, 9.17) is 5.84 Å². The highest BCUT2D eigenvalue weighted by Crippen LogP contribution is 2.24. The summed E-state index contributed by atoms with van der Waals surface area (Å²) in [6, 6.07) is 6.50. The van der Waals surface area contributed by atoms with Crippen molar-refractivity contribution in [1.29, 1.82) is 0 Å². The van der Waals surface area contributed by atoms with E-state index in [9.17, 15) is 0 Å². The van der Waals surface area contributed by atoms with E-state index in [1.807, 2.05) is 6.20 Å². The Labute approximate surface area is 111 Å². The Morgan fingerprint density at radius 1 is 1.39 bits per heavy atom. The predicted octanol–water partition coefficient (Wildman–Crippen LogP) is 2.68. The van der Waals surface area contributed by atoms with E-state index in [2.05, 4.69) is 54.4 Å². The fraction of sp³-hybridized carbons (Fsp3) is 0.308. The third kappa shape index (κ3) is 2.80. The topological polar surface area (TPSA) is 54.2 Å². The van der Waals surface area contributed by atoms with Gasteiger partial charge < -0.3 is 4.90 Å². The molecule has 2 aromatic rings. The molecule has 0 radical (unpaired) electrons. The van der Waals surface area contributed by atoms with Crippen LogP contribution in [0.5, 0.6) is 0 Å². The van der Waals surface area contributed by atoms with Gasteiger partial charge in [0, 0.05) is 23.8 Å². The fourth-order valence-corrected chi connectivity index (χ4v) is 2.78. The lowest BCUT2D eigenvalue weighted by Crippen LogP contribution is -2.16. The second kappa shape index (κ2) is 5.37. The van der Waals surface area contributed by atoms with Crippen molar-refractivity contribution in [2.45, 2.75) is 20.4 Å². The molecule has 96 valence electrons. The van der Waals surface area contributed by atoms with Gasteiger partial charge in [0.25, 0.3) is 0 Å². The van der Waals surface area contributed by atoms with Gasteiger partial charge in [-0.2, -0.15) is 0 Å². The number of aryl methyl sites for hydroxylation is 2. The molecule has 0 amide bonds. The second-order valence-electron chi connectivity index (χ2n) is 4.42. The maximum atomic E-state index is 5.33. The molecular formula is C13H18N4S. The van der Waals surface area contributed by atoms with Gasteiger partial charge in [-0.1, -0.05) is 29.0 Å². The highest BCUT2D eigenvalue weighted by molar-refractivity contribution is 7.15. The van der Waals surface area contributed by atoms with E-state index in [0.717, 1.165) is 11.7 Å². The van der Waals surface area contributed by atoms with Gasteiger partial charge in [0.15, 0.2) is 5.13 Å². The van der Waals surface area contributed by atoms with Gasteiger partial charge in [-0.25, -0.2) is 10.8 Å². The van der Waals surface area contributed by atoms with E-state index in [-0.39, 0.29) is 0 Å². The zero-order chi connectivity index (χ0) is 13.1. The van der Waals surface area contributed by atoms with Crippen molar-refractivity contribution in [2.75, 3.05) is 17.4 Å². The van der Waals surface area contributed by atoms with Crippen LogP contribution in [0.15, 0.2) is 24.4 Å². The molecule has 0 saturated carbocycles. The smallest absolute Gasteiger partial charge is 0.197 e. The summed E-state index contributed by atoms with van der Waals surface area (Å²) in [6.07, 6.45) is 1.86. The van der Waals surface area contributed by atoms with Gasteiger partial charge in [-0.15, -0.1) is 0 Å². The van der Waals surface area contributed by atoms with Crippen molar-refractivity contribution in [3.8, 4) is 0 Å². The quantitative estimate of drug-likeness (QED) is 0.657. The number of nitrogens with two attached hydrogens (primary N) is 1.